The topological polar surface area (TPSA) is 36.7 Å². The van der Waals surface area contributed by atoms with Crippen molar-refractivity contribution in [1.29, 1.82) is 5.26 Å². The van der Waals surface area contributed by atoms with Gasteiger partial charge in [0.15, 0.2) is 0 Å². The largest absolute Gasteiger partial charge is 0.265 e. The molecule has 80 valence electrons. The molecule has 0 aliphatic heterocycles. The molecule has 0 atom stereocenters. The molecule has 6 heteroatoms. The molecule has 0 aromatic carbocycles. The second-order valence-corrected chi connectivity index (χ2v) is 3.29. The number of nitrogens with zero attached hydrogens (tertiary/aromatic N) is 2. The quantitative estimate of drug-likeness (QED) is 0.629. The van der Waals surface area contributed by atoms with Crippen LogP contribution in [-0.4, -0.2) is 4.98 Å². The summed E-state index contributed by atoms with van der Waals surface area (Å²) in [7, 11) is 0. The van der Waals surface area contributed by atoms with Gasteiger partial charge in [0.2, 0.25) is 5.95 Å². The van der Waals surface area contributed by atoms with E-state index in [1.54, 1.807) is 6.07 Å². The maximum absolute atomic E-state index is 13.1. The summed E-state index contributed by atoms with van der Waals surface area (Å²) in [6.45, 7) is 0. The van der Waals surface area contributed by atoms with E-state index in [1.165, 1.54) is 0 Å². The van der Waals surface area contributed by atoms with Crippen LogP contribution in [0.3, 0.4) is 0 Å². The zero-order valence-corrected chi connectivity index (χ0v) is 9.06. The second-order valence-electron chi connectivity index (χ2n) is 2.73. The monoisotopic (exact) mass is 278 g/mol. The lowest BCUT2D eigenvalue weighted by atomic mass is 10.0. The Labute approximate surface area is 92.9 Å². The zero-order chi connectivity index (χ0) is 11.4. The minimum atomic E-state index is -2.75. The molecule has 0 unspecified atom stereocenters. The summed E-state index contributed by atoms with van der Waals surface area (Å²) in [5.41, 5.74) is -0.335. The van der Waals surface area contributed by atoms with Gasteiger partial charge in [-0.05, 0) is 5.56 Å². The van der Waals surface area contributed by atoms with Crippen molar-refractivity contribution in [2.45, 2.75) is 18.2 Å². The Balaban J connectivity index is 3.36. The van der Waals surface area contributed by atoms with Gasteiger partial charge in [0, 0.05) is 22.7 Å². The molecule has 15 heavy (non-hydrogen) atoms. The first-order chi connectivity index (χ1) is 7.11. The van der Waals surface area contributed by atoms with E-state index in [0.29, 0.717) is 0 Å². The number of hydrogen-bond donors (Lipinski definition) is 0. The molecule has 0 spiro atoms. The van der Waals surface area contributed by atoms with Crippen molar-refractivity contribution < 1.29 is 13.2 Å². The van der Waals surface area contributed by atoms with Gasteiger partial charge in [-0.15, -0.1) is 0 Å². The van der Waals surface area contributed by atoms with Gasteiger partial charge in [-0.1, -0.05) is 15.9 Å². The van der Waals surface area contributed by atoms with Crippen LogP contribution in [-0.2, 0) is 11.8 Å². The summed E-state index contributed by atoms with van der Waals surface area (Å²) in [4.78, 5) is 3.23. The van der Waals surface area contributed by atoms with Crippen molar-refractivity contribution in [3.8, 4) is 6.07 Å². The Kier molecular flexibility index (Phi) is 4.09. The molecule has 0 aliphatic carbocycles. The highest BCUT2D eigenvalue weighted by Gasteiger charge is 2.19. The van der Waals surface area contributed by atoms with E-state index < -0.39 is 12.4 Å². The van der Waals surface area contributed by atoms with Gasteiger partial charge in [0.05, 0.1) is 12.5 Å². The lowest BCUT2D eigenvalue weighted by Crippen LogP contribution is -2.04. The van der Waals surface area contributed by atoms with Crippen LogP contribution in [0.5, 0.6) is 0 Å². The van der Waals surface area contributed by atoms with Gasteiger partial charge in [-0.2, -0.15) is 9.65 Å². The van der Waals surface area contributed by atoms with Crippen LogP contribution < -0.4 is 0 Å². The minimum absolute atomic E-state index is 0.0225. The minimum Gasteiger partial charge on any atom is -0.228 e. The maximum Gasteiger partial charge on any atom is 0.265 e. The number of rotatable bonds is 3. The van der Waals surface area contributed by atoms with E-state index in [2.05, 4.69) is 20.9 Å². The van der Waals surface area contributed by atoms with Gasteiger partial charge in [-0.25, -0.2) is 13.8 Å². The standard InChI is InChI=1S/C9H6BrF3N2/c10-3-6-5(1-2-14)7(8(11)12)4-15-9(6)13/h4,8H,1,3H2. The van der Waals surface area contributed by atoms with E-state index in [1.807, 2.05) is 0 Å². The summed E-state index contributed by atoms with van der Waals surface area (Å²) in [6, 6.07) is 1.73. The fraction of sp³-hybridized carbons (Fsp3) is 0.333. The molecule has 0 saturated heterocycles. The SMILES string of the molecule is N#CCc1c(C(F)F)cnc(F)c1CBr. The Morgan fingerprint density at radius 2 is 2.13 bits per heavy atom. The van der Waals surface area contributed by atoms with E-state index >= 15 is 0 Å². The average molecular weight is 279 g/mol. The van der Waals surface area contributed by atoms with Crippen molar-refractivity contribution in [3.63, 3.8) is 0 Å². The van der Waals surface area contributed by atoms with Crippen LogP contribution in [0, 0.1) is 17.3 Å². The number of aromatic nitrogens is 1. The third-order valence-electron chi connectivity index (χ3n) is 1.90. The van der Waals surface area contributed by atoms with Crippen molar-refractivity contribution >= 4 is 15.9 Å². The summed E-state index contributed by atoms with van der Waals surface area (Å²) in [5.74, 6) is -0.818. The fourth-order valence-corrected chi connectivity index (χ4v) is 1.76. The number of halogens is 4. The molecule has 0 radical (unpaired) electrons. The Morgan fingerprint density at radius 3 is 2.60 bits per heavy atom. The van der Waals surface area contributed by atoms with Crippen LogP contribution in [0.4, 0.5) is 13.2 Å². The van der Waals surface area contributed by atoms with E-state index in [9.17, 15) is 13.2 Å². The highest BCUT2D eigenvalue weighted by atomic mass is 79.9. The van der Waals surface area contributed by atoms with E-state index in [0.717, 1.165) is 6.20 Å². The highest BCUT2D eigenvalue weighted by Crippen LogP contribution is 2.27. The molecule has 1 heterocycles. The maximum atomic E-state index is 13.1. The third kappa shape index (κ3) is 2.48. The molecule has 0 fully saturated rings. The van der Waals surface area contributed by atoms with Gasteiger partial charge in [0.25, 0.3) is 6.43 Å². The summed E-state index contributed by atoms with van der Waals surface area (Å²) in [5, 5.41) is 8.54. The highest BCUT2D eigenvalue weighted by molar-refractivity contribution is 9.08. The number of pyridine rings is 1. The van der Waals surface area contributed by atoms with E-state index in [4.69, 9.17) is 5.26 Å². The van der Waals surface area contributed by atoms with Crippen molar-refractivity contribution in [2.75, 3.05) is 0 Å². The zero-order valence-electron chi connectivity index (χ0n) is 7.48. The fourth-order valence-electron chi connectivity index (χ4n) is 1.19. The molecule has 0 N–H and O–H groups in total. The first-order valence-electron chi connectivity index (χ1n) is 3.99. The first-order valence-corrected chi connectivity index (χ1v) is 5.11. The molecule has 1 aromatic heterocycles. The Bertz CT molecular complexity index is 401. The van der Waals surface area contributed by atoms with Gasteiger partial charge < -0.3 is 0 Å². The number of alkyl halides is 3. The van der Waals surface area contributed by atoms with Crippen LogP contribution in [0.25, 0.3) is 0 Å². The predicted octanol–water partition coefficient (Wildman–Crippen LogP) is 3.12. The van der Waals surface area contributed by atoms with Crippen molar-refractivity contribution in [3.05, 3.63) is 28.8 Å². The summed E-state index contributed by atoms with van der Waals surface area (Å²) >= 11 is 2.98. The number of hydrogen-bond acceptors (Lipinski definition) is 2. The molecular weight excluding hydrogens is 273 g/mol. The number of nitriles is 1. The van der Waals surface area contributed by atoms with E-state index in [-0.39, 0.29) is 28.4 Å². The smallest absolute Gasteiger partial charge is 0.228 e. The molecule has 0 aliphatic rings. The Morgan fingerprint density at radius 1 is 1.47 bits per heavy atom. The van der Waals surface area contributed by atoms with Crippen LogP contribution >= 0.6 is 15.9 Å². The molecule has 1 rings (SSSR count). The first kappa shape index (κ1) is 12.0. The van der Waals surface area contributed by atoms with Gasteiger partial charge in [0.1, 0.15) is 0 Å². The predicted molar refractivity (Wildman–Crippen MR) is 51.1 cm³/mol. The molecule has 0 bridgehead atoms. The van der Waals surface area contributed by atoms with Crippen LogP contribution in [0.1, 0.15) is 23.1 Å². The molecule has 2 nitrogen and oxygen atoms in total. The van der Waals surface area contributed by atoms with Crippen molar-refractivity contribution in [2.24, 2.45) is 0 Å². The summed E-state index contributed by atoms with van der Waals surface area (Å²) in [6.07, 6.45) is -2.22. The lowest BCUT2D eigenvalue weighted by molar-refractivity contribution is 0.149. The van der Waals surface area contributed by atoms with Crippen LogP contribution in [0.15, 0.2) is 6.20 Å². The molecule has 0 saturated carbocycles. The normalized spacial score (nSPS) is 10.4. The Hall–Kier alpha value is -1.09. The van der Waals surface area contributed by atoms with Gasteiger partial charge >= 0.3 is 0 Å². The second kappa shape index (κ2) is 5.12. The average Bonchev–Trinajstić information content (AvgIpc) is 2.18. The molecule has 0 amide bonds. The summed E-state index contributed by atoms with van der Waals surface area (Å²) < 4.78 is 38.1. The van der Waals surface area contributed by atoms with Crippen LogP contribution in [0.2, 0.25) is 0 Å². The van der Waals surface area contributed by atoms with Gasteiger partial charge in [-0.3, -0.25) is 0 Å². The third-order valence-corrected chi connectivity index (χ3v) is 2.46. The van der Waals surface area contributed by atoms with Crippen molar-refractivity contribution in [1.82, 2.24) is 4.98 Å². The molecule has 1 aromatic rings. The molecular formula is C9H6BrF3N2. The lowest BCUT2D eigenvalue weighted by Gasteiger charge is -2.10.